The molecule has 0 aliphatic carbocycles. The minimum atomic E-state index is 0.173. The van der Waals surface area contributed by atoms with E-state index in [2.05, 4.69) is 13.8 Å². The van der Waals surface area contributed by atoms with E-state index in [9.17, 15) is 4.79 Å². The monoisotopic (exact) mass is 234 g/mol. The Morgan fingerprint density at radius 1 is 1.24 bits per heavy atom. The van der Waals surface area contributed by atoms with Gasteiger partial charge >= 0.3 is 0 Å². The van der Waals surface area contributed by atoms with Gasteiger partial charge in [0.15, 0.2) is 0 Å². The van der Waals surface area contributed by atoms with Crippen LogP contribution >= 0.6 is 0 Å². The molecule has 0 fully saturated rings. The molecule has 0 saturated carbocycles. The first-order chi connectivity index (χ1) is 8.20. The van der Waals surface area contributed by atoms with E-state index in [-0.39, 0.29) is 5.91 Å². The van der Waals surface area contributed by atoms with Crippen molar-refractivity contribution >= 4 is 17.3 Å². The quantitative estimate of drug-likeness (QED) is 0.768. The molecular formula is C14H22N2O. The van der Waals surface area contributed by atoms with E-state index in [0.29, 0.717) is 12.1 Å². The predicted molar refractivity (Wildman–Crippen MR) is 73.0 cm³/mol. The van der Waals surface area contributed by atoms with Crippen LogP contribution in [0.1, 0.15) is 39.5 Å². The Morgan fingerprint density at radius 2 is 1.94 bits per heavy atom. The van der Waals surface area contributed by atoms with Crippen molar-refractivity contribution in [3.63, 3.8) is 0 Å². The largest absolute Gasteiger partial charge is 0.397 e. The summed E-state index contributed by atoms with van der Waals surface area (Å²) in [5.74, 6) is 0.173. The van der Waals surface area contributed by atoms with Gasteiger partial charge in [0.1, 0.15) is 0 Å². The van der Waals surface area contributed by atoms with E-state index < -0.39 is 0 Å². The number of nitrogens with two attached hydrogens (primary N) is 1. The number of hydrogen-bond acceptors (Lipinski definition) is 2. The molecule has 0 atom stereocenters. The second-order valence-electron chi connectivity index (χ2n) is 4.21. The second-order valence-corrected chi connectivity index (χ2v) is 4.21. The average molecular weight is 234 g/mol. The van der Waals surface area contributed by atoms with Gasteiger partial charge in [-0.15, -0.1) is 0 Å². The molecule has 17 heavy (non-hydrogen) atoms. The highest BCUT2D eigenvalue weighted by molar-refractivity contribution is 5.96. The Hall–Kier alpha value is -1.51. The molecule has 1 amide bonds. The average Bonchev–Trinajstić information content (AvgIpc) is 2.34. The third-order valence-corrected chi connectivity index (χ3v) is 2.72. The molecule has 0 bridgehead atoms. The summed E-state index contributed by atoms with van der Waals surface area (Å²) in [6.07, 6.45) is 3.51. The second kappa shape index (κ2) is 6.94. The minimum Gasteiger partial charge on any atom is -0.397 e. The first-order valence-corrected chi connectivity index (χ1v) is 6.35. The van der Waals surface area contributed by atoms with Gasteiger partial charge in [-0.2, -0.15) is 0 Å². The fourth-order valence-corrected chi connectivity index (χ4v) is 1.80. The highest BCUT2D eigenvalue weighted by atomic mass is 16.2. The van der Waals surface area contributed by atoms with E-state index in [1.807, 2.05) is 29.2 Å². The maximum Gasteiger partial charge on any atom is 0.227 e. The third kappa shape index (κ3) is 3.77. The highest BCUT2D eigenvalue weighted by Gasteiger charge is 2.15. The molecule has 3 heteroatoms. The van der Waals surface area contributed by atoms with Crippen molar-refractivity contribution in [1.82, 2.24) is 0 Å². The number of nitrogens with zero attached hydrogens (tertiary/aromatic N) is 1. The van der Waals surface area contributed by atoms with Crippen molar-refractivity contribution in [1.29, 1.82) is 0 Å². The standard InChI is InChI=1S/C14H22N2O/c1-3-5-10-14(17)16(11-4-2)13-9-7-6-8-12(13)15/h6-9H,3-5,10-11,15H2,1-2H3. The molecule has 0 unspecified atom stereocenters. The van der Waals surface area contributed by atoms with Crippen molar-refractivity contribution in [2.24, 2.45) is 0 Å². The molecular weight excluding hydrogens is 212 g/mol. The van der Waals surface area contributed by atoms with Crippen molar-refractivity contribution in [3.8, 4) is 0 Å². The number of nitrogen functional groups attached to an aromatic ring is 1. The van der Waals surface area contributed by atoms with E-state index in [1.54, 1.807) is 0 Å². The summed E-state index contributed by atoms with van der Waals surface area (Å²) < 4.78 is 0. The number of unbranched alkanes of at least 4 members (excludes halogenated alkanes) is 1. The number of rotatable bonds is 6. The first-order valence-electron chi connectivity index (χ1n) is 6.35. The van der Waals surface area contributed by atoms with Gasteiger partial charge in [0.05, 0.1) is 11.4 Å². The predicted octanol–water partition coefficient (Wildman–Crippen LogP) is 3.20. The lowest BCUT2D eigenvalue weighted by atomic mass is 10.2. The number of carbonyl (C=O) groups is 1. The van der Waals surface area contributed by atoms with Crippen LogP contribution in [-0.4, -0.2) is 12.5 Å². The molecule has 0 aliphatic rings. The summed E-state index contributed by atoms with van der Waals surface area (Å²) in [6.45, 7) is 4.89. The molecule has 2 N–H and O–H groups in total. The highest BCUT2D eigenvalue weighted by Crippen LogP contribution is 2.23. The summed E-state index contributed by atoms with van der Waals surface area (Å²) in [6, 6.07) is 7.56. The van der Waals surface area contributed by atoms with Crippen LogP contribution in [0.2, 0.25) is 0 Å². The number of benzene rings is 1. The molecule has 94 valence electrons. The van der Waals surface area contributed by atoms with Gasteiger partial charge in [-0.25, -0.2) is 0 Å². The molecule has 0 saturated heterocycles. The molecule has 0 aromatic heterocycles. The maximum absolute atomic E-state index is 12.1. The number of amides is 1. The van der Waals surface area contributed by atoms with Crippen molar-refractivity contribution < 1.29 is 4.79 Å². The molecule has 0 aliphatic heterocycles. The van der Waals surface area contributed by atoms with E-state index in [1.165, 1.54) is 0 Å². The molecule has 0 radical (unpaired) electrons. The summed E-state index contributed by atoms with van der Waals surface area (Å²) in [4.78, 5) is 13.9. The smallest absolute Gasteiger partial charge is 0.227 e. The lowest BCUT2D eigenvalue weighted by Gasteiger charge is -2.23. The third-order valence-electron chi connectivity index (χ3n) is 2.72. The van der Waals surface area contributed by atoms with Crippen LogP contribution in [0.25, 0.3) is 0 Å². The van der Waals surface area contributed by atoms with Crippen LogP contribution in [-0.2, 0) is 4.79 Å². The maximum atomic E-state index is 12.1. The van der Waals surface area contributed by atoms with Crippen LogP contribution in [0.15, 0.2) is 24.3 Å². The van der Waals surface area contributed by atoms with Gasteiger partial charge < -0.3 is 10.6 Å². The Morgan fingerprint density at radius 3 is 2.53 bits per heavy atom. The summed E-state index contributed by atoms with van der Waals surface area (Å²) in [7, 11) is 0. The van der Waals surface area contributed by atoms with Crippen LogP contribution < -0.4 is 10.6 Å². The van der Waals surface area contributed by atoms with Gasteiger partial charge in [0.2, 0.25) is 5.91 Å². The van der Waals surface area contributed by atoms with Crippen molar-refractivity contribution in [3.05, 3.63) is 24.3 Å². The van der Waals surface area contributed by atoms with Gasteiger partial charge in [0, 0.05) is 13.0 Å². The number of hydrogen-bond donors (Lipinski definition) is 1. The summed E-state index contributed by atoms with van der Waals surface area (Å²) >= 11 is 0. The van der Waals surface area contributed by atoms with Crippen LogP contribution in [0.3, 0.4) is 0 Å². The van der Waals surface area contributed by atoms with Crippen LogP contribution in [0.4, 0.5) is 11.4 Å². The summed E-state index contributed by atoms with van der Waals surface area (Å²) in [5.41, 5.74) is 7.44. The Bertz CT molecular complexity index is 363. The Balaban J connectivity index is 2.85. The first kappa shape index (κ1) is 13.6. The van der Waals surface area contributed by atoms with E-state index in [4.69, 9.17) is 5.73 Å². The van der Waals surface area contributed by atoms with Gasteiger partial charge in [-0.1, -0.05) is 32.4 Å². The zero-order chi connectivity index (χ0) is 12.7. The van der Waals surface area contributed by atoms with Gasteiger partial charge in [0.25, 0.3) is 0 Å². The van der Waals surface area contributed by atoms with Gasteiger partial charge in [-0.3, -0.25) is 4.79 Å². The Labute approximate surface area is 104 Å². The van der Waals surface area contributed by atoms with Crippen LogP contribution in [0.5, 0.6) is 0 Å². The molecule has 1 rings (SSSR count). The minimum absolute atomic E-state index is 0.173. The van der Waals surface area contributed by atoms with E-state index in [0.717, 1.165) is 31.5 Å². The topological polar surface area (TPSA) is 46.3 Å². The summed E-state index contributed by atoms with van der Waals surface area (Å²) in [5, 5.41) is 0. The number of carbonyl (C=O) groups excluding carboxylic acids is 1. The van der Waals surface area contributed by atoms with Gasteiger partial charge in [-0.05, 0) is 25.0 Å². The lowest BCUT2D eigenvalue weighted by Crippen LogP contribution is -2.32. The molecule has 1 aromatic rings. The van der Waals surface area contributed by atoms with Crippen molar-refractivity contribution in [2.45, 2.75) is 39.5 Å². The molecule has 1 aromatic carbocycles. The molecule has 0 spiro atoms. The fourth-order valence-electron chi connectivity index (χ4n) is 1.80. The SMILES string of the molecule is CCCCC(=O)N(CCC)c1ccccc1N. The fraction of sp³-hybridized carbons (Fsp3) is 0.500. The Kier molecular flexibility index (Phi) is 5.53. The zero-order valence-corrected chi connectivity index (χ0v) is 10.8. The number of para-hydroxylation sites is 2. The van der Waals surface area contributed by atoms with E-state index >= 15 is 0 Å². The van der Waals surface area contributed by atoms with Crippen molar-refractivity contribution in [2.75, 3.05) is 17.2 Å². The van der Waals surface area contributed by atoms with Crippen LogP contribution in [0, 0.1) is 0 Å². The lowest BCUT2D eigenvalue weighted by molar-refractivity contribution is -0.118. The zero-order valence-electron chi connectivity index (χ0n) is 10.8. The molecule has 0 heterocycles. The normalized spacial score (nSPS) is 10.2. The molecule has 3 nitrogen and oxygen atoms in total. The number of anilines is 2.